The summed E-state index contributed by atoms with van der Waals surface area (Å²) in [6.45, 7) is 4.32. The molecule has 0 saturated carbocycles. The summed E-state index contributed by atoms with van der Waals surface area (Å²) in [7, 11) is 0. The van der Waals surface area contributed by atoms with Crippen LogP contribution in [0, 0.1) is 11.3 Å². The van der Waals surface area contributed by atoms with Crippen LogP contribution in [0.15, 0.2) is 24.3 Å². The van der Waals surface area contributed by atoms with Crippen molar-refractivity contribution in [3.63, 3.8) is 0 Å². The molecule has 0 radical (unpaired) electrons. The molecule has 0 fully saturated rings. The predicted octanol–water partition coefficient (Wildman–Crippen LogP) is 1.29. The number of rotatable bonds is 2. The van der Waals surface area contributed by atoms with E-state index < -0.39 is 5.54 Å². The van der Waals surface area contributed by atoms with Gasteiger partial charge in [0.15, 0.2) is 0 Å². The second kappa shape index (κ2) is 4.25. The molecule has 1 aliphatic heterocycles. The fourth-order valence-electron chi connectivity index (χ4n) is 2.19. The van der Waals surface area contributed by atoms with Gasteiger partial charge in [-0.15, -0.1) is 0 Å². The number of nitrogens with zero attached hydrogens (tertiary/aromatic N) is 2. The van der Waals surface area contributed by atoms with E-state index >= 15 is 0 Å². The predicted molar refractivity (Wildman–Crippen MR) is 63.6 cm³/mol. The van der Waals surface area contributed by atoms with Crippen molar-refractivity contribution in [1.82, 2.24) is 4.90 Å². The largest absolute Gasteiger partial charge is 0.313 e. The molecule has 0 spiro atoms. The van der Waals surface area contributed by atoms with Gasteiger partial charge in [-0.25, -0.2) is 0 Å². The van der Waals surface area contributed by atoms with Crippen molar-refractivity contribution < 1.29 is 0 Å². The summed E-state index contributed by atoms with van der Waals surface area (Å²) in [5, 5.41) is 8.92. The van der Waals surface area contributed by atoms with E-state index in [0.717, 1.165) is 19.5 Å². The Kier molecular flexibility index (Phi) is 2.95. The Morgan fingerprint density at radius 3 is 2.81 bits per heavy atom. The van der Waals surface area contributed by atoms with E-state index in [1.807, 2.05) is 0 Å². The minimum atomic E-state index is -0.744. The highest BCUT2D eigenvalue weighted by atomic mass is 15.1. The quantitative estimate of drug-likeness (QED) is 0.808. The lowest BCUT2D eigenvalue weighted by Crippen LogP contribution is -2.48. The summed E-state index contributed by atoms with van der Waals surface area (Å²) in [6, 6.07) is 10.6. The van der Waals surface area contributed by atoms with E-state index in [9.17, 15) is 0 Å². The maximum Gasteiger partial charge on any atom is 0.114 e. The van der Waals surface area contributed by atoms with Crippen molar-refractivity contribution in [2.45, 2.75) is 25.4 Å². The van der Waals surface area contributed by atoms with Crippen molar-refractivity contribution in [2.75, 3.05) is 13.1 Å². The summed E-state index contributed by atoms with van der Waals surface area (Å²) in [5.41, 5.74) is 7.91. The van der Waals surface area contributed by atoms with Crippen LogP contribution in [0.3, 0.4) is 0 Å². The Morgan fingerprint density at radius 1 is 1.44 bits per heavy atom. The highest BCUT2D eigenvalue weighted by Gasteiger charge is 2.24. The van der Waals surface area contributed by atoms with Crippen LogP contribution in [0.25, 0.3) is 0 Å². The van der Waals surface area contributed by atoms with E-state index in [1.54, 1.807) is 6.92 Å². The Labute approximate surface area is 96.5 Å². The van der Waals surface area contributed by atoms with Crippen molar-refractivity contribution >= 4 is 0 Å². The van der Waals surface area contributed by atoms with Gasteiger partial charge in [-0.1, -0.05) is 24.3 Å². The first-order valence-corrected chi connectivity index (χ1v) is 5.60. The smallest absolute Gasteiger partial charge is 0.114 e. The molecule has 1 aliphatic rings. The molecule has 3 nitrogen and oxygen atoms in total. The molecule has 1 atom stereocenters. The minimum absolute atomic E-state index is 0.637. The van der Waals surface area contributed by atoms with Crippen LogP contribution < -0.4 is 5.73 Å². The third-order valence-electron chi connectivity index (χ3n) is 3.02. The average Bonchev–Trinajstić information content (AvgIpc) is 2.28. The molecule has 0 amide bonds. The molecule has 2 N–H and O–H groups in total. The van der Waals surface area contributed by atoms with E-state index in [0.29, 0.717) is 6.54 Å². The van der Waals surface area contributed by atoms with E-state index in [-0.39, 0.29) is 0 Å². The van der Waals surface area contributed by atoms with Crippen molar-refractivity contribution in [2.24, 2.45) is 5.73 Å². The summed E-state index contributed by atoms with van der Waals surface area (Å²) in [6.07, 6.45) is 1.05. The van der Waals surface area contributed by atoms with Crippen LogP contribution in [0.5, 0.6) is 0 Å². The fraction of sp³-hybridized carbons (Fsp3) is 0.462. The Bertz CT molecular complexity index is 417. The van der Waals surface area contributed by atoms with Gasteiger partial charge in [0.2, 0.25) is 0 Å². The zero-order valence-electron chi connectivity index (χ0n) is 9.61. The van der Waals surface area contributed by atoms with E-state index in [1.165, 1.54) is 11.1 Å². The maximum atomic E-state index is 8.92. The molecule has 0 bridgehead atoms. The van der Waals surface area contributed by atoms with Crippen molar-refractivity contribution in [3.8, 4) is 6.07 Å². The second-order valence-electron chi connectivity index (χ2n) is 4.76. The molecule has 0 saturated heterocycles. The number of hydrogen-bond donors (Lipinski definition) is 1. The van der Waals surface area contributed by atoms with Gasteiger partial charge in [-0.3, -0.25) is 4.90 Å². The zero-order valence-corrected chi connectivity index (χ0v) is 9.61. The first-order valence-electron chi connectivity index (χ1n) is 5.60. The molecule has 16 heavy (non-hydrogen) atoms. The third-order valence-corrected chi connectivity index (χ3v) is 3.02. The van der Waals surface area contributed by atoms with Gasteiger partial charge >= 0.3 is 0 Å². The number of benzene rings is 1. The van der Waals surface area contributed by atoms with Crippen molar-refractivity contribution in [3.05, 3.63) is 35.4 Å². The van der Waals surface area contributed by atoms with Gasteiger partial charge in [0.05, 0.1) is 6.07 Å². The van der Waals surface area contributed by atoms with E-state index in [2.05, 4.69) is 35.2 Å². The lowest BCUT2D eigenvalue weighted by atomic mass is 9.97. The Morgan fingerprint density at radius 2 is 2.12 bits per heavy atom. The van der Waals surface area contributed by atoms with Crippen LogP contribution in [0.1, 0.15) is 18.1 Å². The van der Waals surface area contributed by atoms with Gasteiger partial charge < -0.3 is 5.73 Å². The molecule has 0 aliphatic carbocycles. The van der Waals surface area contributed by atoms with Crippen LogP contribution in [0.4, 0.5) is 0 Å². The molecule has 1 unspecified atom stereocenters. The Hall–Kier alpha value is -1.37. The molecule has 1 aromatic carbocycles. The lowest BCUT2D eigenvalue weighted by Gasteiger charge is -2.32. The number of nitrogens with two attached hydrogens (primary N) is 1. The molecular formula is C13H17N3. The second-order valence-corrected chi connectivity index (χ2v) is 4.76. The highest BCUT2D eigenvalue weighted by molar-refractivity contribution is 5.29. The molecule has 84 valence electrons. The lowest BCUT2D eigenvalue weighted by molar-refractivity contribution is 0.223. The molecular weight excluding hydrogens is 198 g/mol. The molecule has 3 heteroatoms. The number of fused-ring (bicyclic) bond motifs is 1. The maximum absolute atomic E-state index is 8.92. The molecule has 1 aromatic rings. The van der Waals surface area contributed by atoms with Crippen LogP contribution in [-0.2, 0) is 13.0 Å². The molecule has 2 rings (SSSR count). The topological polar surface area (TPSA) is 53.1 Å². The summed E-state index contributed by atoms with van der Waals surface area (Å²) >= 11 is 0. The first-order chi connectivity index (χ1) is 7.61. The fourth-order valence-corrected chi connectivity index (χ4v) is 2.19. The minimum Gasteiger partial charge on any atom is -0.313 e. The van der Waals surface area contributed by atoms with E-state index in [4.69, 9.17) is 11.0 Å². The molecule has 0 aromatic heterocycles. The zero-order chi connectivity index (χ0) is 11.6. The highest BCUT2D eigenvalue weighted by Crippen LogP contribution is 2.19. The SMILES string of the molecule is CC(N)(C#N)CN1CCc2ccccc2C1. The number of hydrogen-bond acceptors (Lipinski definition) is 3. The Balaban J connectivity index is 2.07. The standard InChI is InChI=1S/C13H17N3/c1-13(15,9-14)10-16-7-6-11-4-2-3-5-12(11)8-16/h2-5H,6-8,10,15H2,1H3. The third kappa shape index (κ3) is 2.41. The number of nitriles is 1. The van der Waals surface area contributed by atoms with Gasteiger partial charge in [0, 0.05) is 19.6 Å². The van der Waals surface area contributed by atoms with Crippen molar-refractivity contribution in [1.29, 1.82) is 5.26 Å². The first kappa shape index (κ1) is 11.1. The molecule has 1 heterocycles. The summed E-state index contributed by atoms with van der Waals surface area (Å²) < 4.78 is 0. The monoisotopic (exact) mass is 215 g/mol. The van der Waals surface area contributed by atoms with Crippen LogP contribution in [0.2, 0.25) is 0 Å². The van der Waals surface area contributed by atoms with Crippen LogP contribution in [-0.4, -0.2) is 23.5 Å². The average molecular weight is 215 g/mol. The van der Waals surface area contributed by atoms with Gasteiger partial charge in [0.1, 0.15) is 5.54 Å². The summed E-state index contributed by atoms with van der Waals surface area (Å²) in [5.74, 6) is 0. The summed E-state index contributed by atoms with van der Waals surface area (Å²) in [4.78, 5) is 2.26. The normalized spacial score (nSPS) is 19.6. The van der Waals surface area contributed by atoms with Crippen LogP contribution >= 0.6 is 0 Å². The van der Waals surface area contributed by atoms with Gasteiger partial charge in [-0.2, -0.15) is 5.26 Å². The van der Waals surface area contributed by atoms with Gasteiger partial charge in [-0.05, 0) is 24.5 Å². The van der Waals surface area contributed by atoms with Gasteiger partial charge in [0.25, 0.3) is 0 Å².